The lowest BCUT2D eigenvalue weighted by molar-refractivity contribution is -0.132. The zero-order valence-electron chi connectivity index (χ0n) is 18.0. The van der Waals surface area contributed by atoms with Crippen LogP contribution in [0.4, 0.5) is 0 Å². The molecule has 170 valence electrons. The number of carbonyl (C=O) groups excluding carboxylic acids is 1. The maximum Gasteiger partial charge on any atom is 0.244 e. The number of rotatable bonds is 6. The van der Waals surface area contributed by atoms with Crippen molar-refractivity contribution in [3.8, 4) is 22.2 Å². The molecular weight excluding hydrogens is 462 g/mol. The van der Waals surface area contributed by atoms with Gasteiger partial charge in [-0.05, 0) is 43.3 Å². The van der Waals surface area contributed by atoms with Gasteiger partial charge in [0.15, 0.2) is 10.8 Å². The molecule has 10 heteroatoms. The Morgan fingerprint density at radius 2 is 1.94 bits per heavy atom. The van der Waals surface area contributed by atoms with E-state index in [1.807, 2.05) is 41.5 Å². The monoisotopic (exact) mass is 483 g/mol. The number of carbonyl (C=O) groups is 1. The van der Waals surface area contributed by atoms with Crippen LogP contribution in [-0.4, -0.2) is 57.0 Å². The van der Waals surface area contributed by atoms with Crippen LogP contribution < -0.4 is 0 Å². The minimum atomic E-state index is -0.0369. The Morgan fingerprint density at radius 3 is 2.67 bits per heavy atom. The Balaban J connectivity index is 1.15. The average molecular weight is 484 g/mol. The van der Waals surface area contributed by atoms with Gasteiger partial charge in [0.25, 0.3) is 0 Å². The SMILES string of the molecule is C[C@H](c1nc(-c2ccc(Cl)cc2)no1)N1CCN(C(=O)Cc2csc(-c3ccco3)n2)CC1. The molecule has 33 heavy (non-hydrogen) atoms. The molecule has 0 spiro atoms. The maximum absolute atomic E-state index is 12.8. The number of thiazole rings is 1. The predicted molar refractivity (Wildman–Crippen MR) is 125 cm³/mol. The number of aromatic nitrogens is 3. The average Bonchev–Trinajstić information content (AvgIpc) is 3.61. The summed E-state index contributed by atoms with van der Waals surface area (Å²) in [6.07, 6.45) is 1.91. The highest BCUT2D eigenvalue weighted by atomic mass is 35.5. The number of nitrogens with zero attached hydrogens (tertiary/aromatic N) is 5. The molecule has 0 unspecified atom stereocenters. The molecule has 3 aromatic heterocycles. The number of halogens is 1. The molecule has 1 saturated heterocycles. The standard InChI is InChI=1S/C23H22ClN5O3S/c1-15(22-26-21(27-32-22)16-4-6-17(24)7-5-16)28-8-10-29(11-9-28)20(30)13-18-14-33-23(25-18)19-3-2-12-31-19/h2-7,12,14-15H,8-11,13H2,1H3/t15-/m1/s1. The molecule has 1 aromatic carbocycles. The summed E-state index contributed by atoms with van der Waals surface area (Å²) in [5.41, 5.74) is 1.63. The lowest BCUT2D eigenvalue weighted by Crippen LogP contribution is -2.49. The molecule has 0 radical (unpaired) electrons. The highest BCUT2D eigenvalue weighted by Gasteiger charge is 2.28. The molecule has 1 fully saturated rings. The molecule has 1 amide bonds. The summed E-state index contributed by atoms with van der Waals surface area (Å²) < 4.78 is 10.9. The lowest BCUT2D eigenvalue weighted by Gasteiger charge is -2.36. The number of amides is 1. The van der Waals surface area contributed by atoms with E-state index in [1.165, 1.54) is 11.3 Å². The van der Waals surface area contributed by atoms with E-state index in [9.17, 15) is 4.79 Å². The van der Waals surface area contributed by atoms with E-state index in [-0.39, 0.29) is 11.9 Å². The molecule has 0 bridgehead atoms. The normalized spacial score (nSPS) is 15.6. The van der Waals surface area contributed by atoms with E-state index < -0.39 is 0 Å². The molecule has 5 rings (SSSR count). The van der Waals surface area contributed by atoms with Crippen molar-refractivity contribution in [1.29, 1.82) is 0 Å². The van der Waals surface area contributed by atoms with Gasteiger partial charge in [-0.15, -0.1) is 11.3 Å². The van der Waals surface area contributed by atoms with Gasteiger partial charge in [-0.1, -0.05) is 16.8 Å². The van der Waals surface area contributed by atoms with Gasteiger partial charge < -0.3 is 13.8 Å². The van der Waals surface area contributed by atoms with Crippen molar-refractivity contribution >= 4 is 28.8 Å². The number of furan rings is 1. The first-order chi connectivity index (χ1) is 16.1. The molecular formula is C23H22ClN5O3S. The second-order valence-electron chi connectivity index (χ2n) is 7.85. The molecule has 8 nitrogen and oxygen atoms in total. The summed E-state index contributed by atoms with van der Waals surface area (Å²) in [6, 6.07) is 11.0. The fourth-order valence-corrected chi connectivity index (χ4v) is 4.72. The quantitative estimate of drug-likeness (QED) is 0.397. The van der Waals surface area contributed by atoms with E-state index in [2.05, 4.69) is 20.0 Å². The van der Waals surface area contributed by atoms with Crippen LogP contribution in [0.25, 0.3) is 22.2 Å². The van der Waals surface area contributed by atoms with Crippen LogP contribution in [0.3, 0.4) is 0 Å². The fraction of sp³-hybridized carbons (Fsp3) is 0.304. The lowest BCUT2D eigenvalue weighted by atomic mass is 10.2. The molecule has 4 aromatic rings. The third kappa shape index (κ3) is 4.85. The van der Waals surface area contributed by atoms with Crippen molar-refractivity contribution in [3.05, 3.63) is 64.6 Å². The summed E-state index contributed by atoms with van der Waals surface area (Å²) in [6.45, 7) is 4.82. The second-order valence-corrected chi connectivity index (χ2v) is 9.15. The van der Waals surface area contributed by atoms with Gasteiger partial charge in [0.05, 0.1) is 24.4 Å². The highest BCUT2D eigenvalue weighted by molar-refractivity contribution is 7.13. The Labute approximate surface area is 199 Å². The van der Waals surface area contributed by atoms with Gasteiger partial charge >= 0.3 is 0 Å². The zero-order valence-corrected chi connectivity index (χ0v) is 19.6. The van der Waals surface area contributed by atoms with E-state index in [4.69, 9.17) is 20.5 Å². The van der Waals surface area contributed by atoms with Crippen LogP contribution in [-0.2, 0) is 11.2 Å². The Hall–Kier alpha value is -3.01. The Kier molecular flexibility index (Phi) is 6.26. The smallest absolute Gasteiger partial charge is 0.244 e. The van der Waals surface area contributed by atoms with Gasteiger partial charge in [0.2, 0.25) is 17.6 Å². The first-order valence-corrected chi connectivity index (χ1v) is 11.9. The van der Waals surface area contributed by atoms with Crippen molar-refractivity contribution in [2.75, 3.05) is 26.2 Å². The Bertz CT molecular complexity index is 1210. The minimum Gasteiger partial charge on any atom is -0.462 e. The summed E-state index contributed by atoms with van der Waals surface area (Å²) in [4.78, 5) is 26.0. The number of hydrogen-bond donors (Lipinski definition) is 0. The second kappa shape index (κ2) is 9.46. The van der Waals surface area contributed by atoms with Gasteiger partial charge in [-0.2, -0.15) is 4.98 Å². The van der Waals surface area contributed by atoms with Gasteiger partial charge in [-0.25, -0.2) is 4.98 Å². The molecule has 1 aliphatic heterocycles. The fourth-order valence-electron chi connectivity index (χ4n) is 3.80. The van der Waals surface area contributed by atoms with Gasteiger partial charge in [-0.3, -0.25) is 9.69 Å². The summed E-state index contributed by atoms with van der Waals surface area (Å²) in [5.74, 6) is 1.91. The van der Waals surface area contributed by atoms with E-state index in [1.54, 1.807) is 18.4 Å². The molecule has 1 atom stereocenters. The van der Waals surface area contributed by atoms with Crippen LogP contribution in [0.5, 0.6) is 0 Å². The van der Waals surface area contributed by atoms with Crippen molar-refractivity contribution in [1.82, 2.24) is 24.9 Å². The van der Waals surface area contributed by atoms with Crippen molar-refractivity contribution in [2.24, 2.45) is 0 Å². The Morgan fingerprint density at radius 1 is 1.15 bits per heavy atom. The molecule has 0 aliphatic carbocycles. The maximum atomic E-state index is 12.8. The van der Waals surface area contributed by atoms with Crippen LogP contribution in [0.1, 0.15) is 24.6 Å². The number of benzene rings is 1. The first-order valence-electron chi connectivity index (χ1n) is 10.7. The summed E-state index contributed by atoms with van der Waals surface area (Å²) >= 11 is 7.44. The number of hydrogen-bond acceptors (Lipinski definition) is 8. The highest BCUT2D eigenvalue weighted by Crippen LogP contribution is 2.26. The van der Waals surface area contributed by atoms with Crippen molar-refractivity contribution in [3.63, 3.8) is 0 Å². The molecule has 4 heterocycles. The minimum absolute atomic E-state index is 0.0369. The summed E-state index contributed by atoms with van der Waals surface area (Å²) in [5, 5.41) is 7.48. The van der Waals surface area contributed by atoms with Crippen molar-refractivity contribution < 1.29 is 13.7 Å². The third-order valence-electron chi connectivity index (χ3n) is 5.73. The first kappa shape index (κ1) is 21.8. The molecule has 0 N–H and O–H groups in total. The van der Waals surface area contributed by atoms with Crippen LogP contribution in [0.15, 0.2) is 57.0 Å². The van der Waals surface area contributed by atoms with E-state index >= 15 is 0 Å². The van der Waals surface area contributed by atoms with Gasteiger partial charge in [0, 0.05) is 42.1 Å². The zero-order chi connectivity index (χ0) is 22.8. The van der Waals surface area contributed by atoms with Gasteiger partial charge in [0.1, 0.15) is 0 Å². The van der Waals surface area contributed by atoms with Crippen LogP contribution in [0, 0.1) is 0 Å². The predicted octanol–water partition coefficient (Wildman–Crippen LogP) is 4.55. The number of piperazine rings is 1. The largest absolute Gasteiger partial charge is 0.462 e. The van der Waals surface area contributed by atoms with E-state index in [0.29, 0.717) is 36.2 Å². The van der Waals surface area contributed by atoms with Crippen LogP contribution >= 0.6 is 22.9 Å². The van der Waals surface area contributed by atoms with Crippen LogP contribution in [0.2, 0.25) is 5.02 Å². The van der Waals surface area contributed by atoms with Crippen molar-refractivity contribution in [2.45, 2.75) is 19.4 Å². The van der Waals surface area contributed by atoms with E-state index in [0.717, 1.165) is 35.1 Å². The molecule has 0 saturated carbocycles. The third-order valence-corrected chi connectivity index (χ3v) is 6.89. The summed E-state index contributed by atoms with van der Waals surface area (Å²) in [7, 11) is 0. The topological polar surface area (TPSA) is 88.5 Å². The molecule has 1 aliphatic rings.